The Hall–Kier alpha value is 0. The van der Waals surface area contributed by atoms with Crippen molar-refractivity contribution in [2.75, 3.05) is 0 Å². The van der Waals surface area contributed by atoms with Gasteiger partial charge in [0.25, 0.3) is 0 Å². The molecule has 0 heteroatoms. The molecule has 0 amide bonds. The summed E-state index contributed by atoms with van der Waals surface area (Å²) < 4.78 is 0. The highest BCUT2D eigenvalue weighted by Gasteiger charge is 2.29. The van der Waals surface area contributed by atoms with Gasteiger partial charge in [0.1, 0.15) is 0 Å². The SMILES string of the molecule is CCCCCCC(C)C1CC(C)C1. The first kappa shape index (κ1) is 11.1. The zero-order valence-corrected chi connectivity index (χ0v) is 9.68. The Morgan fingerprint density at radius 2 is 1.85 bits per heavy atom. The average molecular weight is 182 g/mol. The van der Waals surface area contributed by atoms with Crippen LogP contribution in [0.2, 0.25) is 0 Å². The monoisotopic (exact) mass is 182 g/mol. The van der Waals surface area contributed by atoms with Gasteiger partial charge in [-0.15, -0.1) is 0 Å². The third-order valence-corrected chi connectivity index (χ3v) is 3.73. The molecule has 0 aromatic rings. The summed E-state index contributed by atoms with van der Waals surface area (Å²) in [5.41, 5.74) is 0. The summed E-state index contributed by atoms with van der Waals surface area (Å²) in [6.45, 7) is 7.14. The number of rotatable bonds is 6. The minimum atomic E-state index is 1.01. The van der Waals surface area contributed by atoms with Gasteiger partial charge in [0.15, 0.2) is 0 Å². The largest absolute Gasteiger partial charge is 0.0654 e. The molecule has 78 valence electrons. The van der Waals surface area contributed by atoms with Crippen molar-refractivity contribution in [2.24, 2.45) is 17.8 Å². The van der Waals surface area contributed by atoms with Crippen molar-refractivity contribution in [1.29, 1.82) is 0 Å². The van der Waals surface area contributed by atoms with Crippen LogP contribution >= 0.6 is 0 Å². The van der Waals surface area contributed by atoms with Crippen molar-refractivity contribution in [3.05, 3.63) is 0 Å². The van der Waals surface area contributed by atoms with Crippen LogP contribution in [0.15, 0.2) is 0 Å². The van der Waals surface area contributed by atoms with Crippen LogP contribution in [0.4, 0.5) is 0 Å². The van der Waals surface area contributed by atoms with Gasteiger partial charge in [-0.05, 0) is 30.6 Å². The molecule has 0 aromatic carbocycles. The van der Waals surface area contributed by atoms with E-state index in [4.69, 9.17) is 0 Å². The summed E-state index contributed by atoms with van der Waals surface area (Å²) in [6, 6.07) is 0. The quantitative estimate of drug-likeness (QED) is 0.525. The predicted molar refractivity (Wildman–Crippen MR) is 59.8 cm³/mol. The Balaban J connectivity index is 1.95. The number of unbranched alkanes of at least 4 members (excludes halogenated alkanes) is 3. The molecule has 0 bridgehead atoms. The van der Waals surface area contributed by atoms with E-state index < -0.39 is 0 Å². The van der Waals surface area contributed by atoms with Crippen LogP contribution in [0.1, 0.15) is 65.7 Å². The maximum Gasteiger partial charge on any atom is -0.0383 e. The molecule has 0 nitrogen and oxygen atoms in total. The van der Waals surface area contributed by atoms with Crippen LogP contribution in [0, 0.1) is 17.8 Å². The van der Waals surface area contributed by atoms with Crippen LogP contribution < -0.4 is 0 Å². The van der Waals surface area contributed by atoms with E-state index in [2.05, 4.69) is 20.8 Å². The number of hydrogen-bond donors (Lipinski definition) is 0. The predicted octanol–water partition coefficient (Wildman–Crippen LogP) is 4.64. The van der Waals surface area contributed by atoms with Crippen molar-refractivity contribution in [1.82, 2.24) is 0 Å². The molecule has 0 heterocycles. The van der Waals surface area contributed by atoms with Gasteiger partial charge >= 0.3 is 0 Å². The van der Waals surface area contributed by atoms with Gasteiger partial charge in [-0.1, -0.05) is 52.9 Å². The summed E-state index contributed by atoms with van der Waals surface area (Å²) in [5.74, 6) is 3.12. The minimum absolute atomic E-state index is 1.01. The van der Waals surface area contributed by atoms with Gasteiger partial charge in [-0.25, -0.2) is 0 Å². The molecule has 0 aromatic heterocycles. The van der Waals surface area contributed by atoms with E-state index in [1.807, 2.05) is 0 Å². The molecule has 1 atom stereocenters. The highest BCUT2D eigenvalue weighted by atomic mass is 14.3. The highest BCUT2D eigenvalue weighted by molar-refractivity contribution is 4.80. The summed E-state index contributed by atoms with van der Waals surface area (Å²) in [4.78, 5) is 0. The van der Waals surface area contributed by atoms with Crippen LogP contribution in [0.3, 0.4) is 0 Å². The molecule has 0 radical (unpaired) electrons. The standard InChI is InChI=1S/C13H26/c1-4-5-6-7-8-12(3)13-9-11(2)10-13/h11-13H,4-10H2,1-3H3. The molecule has 1 aliphatic rings. The summed E-state index contributed by atoms with van der Waals surface area (Å²) in [5, 5.41) is 0. The minimum Gasteiger partial charge on any atom is -0.0654 e. The van der Waals surface area contributed by atoms with E-state index in [1.165, 1.54) is 44.9 Å². The van der Waals surface area contributed by atoms with Crippen LogP contribution in [0.5, 0.6) is 0 Å². The Labute approximate surface area is 84.1 Å². The van der Waals surface area contributed by atoms with Gasteiger partial charge in [-0.2, -0.15) is 0 Å². The summed E-state index contributed by atoms with van der Waals surface area (Å²) >= 11 is 0. The second kappa shape index (κ2) is 5.67. The molecule has 1 saturated carbocycles. The molecular weight excluding hydrogens is 156 g/mol. The van der Waals surface area contributed by atoms with Crippen molar-refractivity contribution in [3.63, 3.8) is 0 Å². The van der Waals surface area contributed by atoms with E-state index in [-0.39, 0.29) is 0 Å². The molecular formula is C13H26. The fourth-order valence-corrected chi connectivity index (χ4v) is 2.56. The van der Waals surface area contributed by atoms with Gasteiger partial charge in [0, 0.05) is 0 Å². The van der Waals surface area contributed by atoms with Crippen molar-refractivity contribution >= 4 is 0 Å². The van der Waals surface area contributed by atoms with E-state index in [0.29, 0.717) is 0 Å². The molecule has 0 aliphatic heterocycles. The fourth-order valence-electron chi connectivity index (χ4n) is 2.56. The molecule has 1 unspecified atom stereocenters. The molecule has 1 fully saturated rings. The maximum absolute atomic E-state index is 2.46. The topological polar surface area (TPSA) is 0 Å². The van der Waals surface area contributed by atoms with Crippen molar-refractivity contribution in [2.45, 2.75) is 65.7 Å². The first-order valence-corrected chi connectivity index (χ1v) is 6.24. The average Bonchev–Trinajstić information content (AvgIpc) is 2.07. The van der Waals surface area contributed by atoms with Crippen LogP contribution in [-0.2, 0) is 0 Å². The number of hydrogen-bond acceptors (Lipinski definition) is 0. The Morgan fingerprint density at radius 3 is 2.38 bits per heavy atom. The van der Waals surface area contributed by atoms with Crippen LogP contribution in [0.25, 0.3) is 0 Å². The van der Waals surface area contributed by atoms with Gasteiger partial charge in [0.2, 0.25) is 0 Å². The Morgan fingerprint density at radius 1 is 1.15 bits per heavy atom. The zero-order valence-electron chi connectivity index (χ0n) is 9.68. The maximum atomic E-state index is 2.46. The van der Waals surface area contributed by atoms with Crippen molar-refractivity contribution < 1.29 is 0 Å². The lowest BCUT2D eigenvalue weighted by Gasteiger charge is -2.37. The van der Waals surface area contributed by atoms with E-state index >= 15 is 0 Å². The Kier molecular flexibility index (Phi) is 4.83. The molecule has 0 saturated heterocycles. The molecule has 13 heavy (non-hydrogen) atoms. The van der Waals surface area contributed by atoms with Gasteiger partial charge in [0.05, 0.1) is 0 Å². The van der Waals surface area contributed by atoms with Gasteiger partial charge in [-0.3, -0.25) is 0 Å². The molecule has 0 N–H and O–H groups in total. The fraction of sp³-hybridized carbons (Fsp3) is 1.00. The molecule has 1 rings (SSSR count). The zero-order chi connectivity index (χ0) is 9.68. The van der Waals surface area contributed by atoms with E-state index in [1.54, 1.807) is 0 Å². The van der Waals surface area contributed by atoms with Crippen molar-refractivity contribution in [3.8, 4) is 0 Å². The second-order valence-corrected chi connectivity index (χ2v) is 5.16. The molecule has 1 aliphatic carbocycles. The van der Waals surface area contributed by atoms with E-state index in [0.717, 1.165) is 17.8 Å². The first-order valence-electron chi connectivity index (χ1n) is 6.24. The summed E-state index contributed by atoms with van der Waals surface area (Å²) in [6.07, 6.45) is 10.2. The lowest BCUT2D eigenvalue weighted by molar-refractivity contribution is 0.138. The van der Waals surface area contributed by atoms with Gasteiger partial charge < -0.3 is 0 Å². The second-order valence-electron chi connectivity index (χ2n) is 5.16. The lowest BCUT2D eigenvalue weighted by Crippen LogP contribution is -2.26. The lowest BCUT2D eigenvalue weighted by atomic mass is 9.69. The molecule has 0 spiro atoms. The third kappa shape index (κ3) is 3.70. The first-order chi connectivity index (χ1) is 6.24. The smallest absolute Gasteiger partial charge is 0.0383 e. The van der Waals surface area contributed by atoms with E-state index in [9.17, 15) is 0 Å². The third-order valence-electron chi connectivity index (χ3n) is 3.73. The van der Waals surface area contributed by atoms with Crippen LogP contribution in [-0.4, -0.2) is 0 Å². The summed E-state index contributed by atoms with van der Waals surface area (Å²) in [7, 11) is 0. The Bertz CT molecular complexity index is 122. The normalized spacial score (nSPS) is 29.8. The highest BCUT2D eigenvalue weighted by Crippen LogP contribution is 2.40.